The van der Waals surface area contributed by atoms with Crippen LogP contribution >= 0.6 is 0 Å². The van der Waals surface area contributed by atoms with Crippen molar-refractivity contribution in [2.45, 2.75) is 70.5 Å². The lowest BCUT2D eigenvalue weighted by Gasteiger charge is -2.34. The smallest absolute Gasteiger partial charge is 0.123 e. The van der Waals surface area contributed by atoms with Crippen molar-refractivity contribution in [3.05, 3.63) is 59.7 Å². The maximum atomic E-state index is 6.01. The summed E-state index contributed by atoms with van der Waals surface area (Å²) in [7, 11) is 1.74. The van der Waals surface area contributed by atoms with Crippen LogP contribution in [-0.4, -0.2) is 26.3 Å². The fourth-order valence-corrected chi connectivity index (χ4v) is 4.24. The van der Waals surface area contributed by atoms with E-state index in [4.69, 9.17) is 9.47 Å². The van der Waals surface area contributed by atoms with Gasteiger partial charge in [-0.05, 0) is 49.6 Å². The van der Waals surface area contributed by atoms with Crippen LogP contribution in [0.15, 0.2) is 48.5 Å². The first kappa shape index (κ1) is 22.6. The Morgan fingerprint density at radius 1 is 1.03 bits per heavy atom. The molecule has 30 heavy (non-hydrogen) atoms. The molecule has 1 heterocycles. The molecule has 0 saturated carbocycles. The van der Waals surface area contributed by atoms with E-state index in [0.717, 1.165) is 43.2 Å². The molecule has 164 valence electrons. The minimum Gasteiger partial charge on any atom is -0.496 e. The quantitative estimate of drug-likeness (QED) is 0.445. The fraction of sp³-hybridized carbons (Fsp3) is 0.538. The molecule has 1 fully saturated rings. The average molecular weight is 411 g/mol. The second kappa shape index (κ2) is 12.6. The van der Waals surface area contributed by atoms with E-state index in [2.05, 4.69) is 54.0 Å². The van der Waals surface area contributed by atoms with Gasteiger partial charge in [-0.3, -0.25) is 0 Å². The van der Waals surface area contributed by atoms with E-state index in [9.17, 15) is 0 Å². The first-order valence-corrected chi connectivity index (χ1v) is 11.6. The maximum Gasteiger partial charge on any atom is 0.123 e. The molecule has 0 spiro atoms. The van der Waals surface area contributed by atoms with Crippen LogP contribution in [0.3, 0.4) is 0 Å². The predicted octanol–water partition coefficient (Wildman–Crippen LogP) is 5.63. The van der Waals surface area contributed by atoms with Crippen LogP contribution in [0.4, 0.5) is 0 Å². The first-order valence-electron chi connectivity index (χ1n) is 11.6. The van der Waals surface area contributed by atoms with E-state index in [0.29, 0.717) is 12.1 Å². The summed E-state index contributed by atoms with van der Waals surface area (Å²) in [5, 5.41) is 7.47. The molecule has 0 bridgehead atoms. The van der Waals surface area contributed by atoms with Crippen molar-refractivity contribution in [3.63, 3.8) is 0 Å². The molecule has 2 unspecified atom stereocenters. The molecule has 2 atom stereocenters. The number of hydrogen-bond acceptors (Lipinski definition) is 4. The summed E-state index contributed by atoms with van der Waals surface area (Å²) in [5.74, 6) is 1.85. The molecular weight excluding hydrogens is 372 g/mol. The molecule has 1 aliphatic rings. The van der Waals surface area contributed by atoms with E-state index in [-0.39, 0.29) is 0 Å². The molecule has 0 aromatic heterocycles. The van der Waals surface area contributed by atoms with Crippen molar-refractivity contribution in [2.75, 3.05) is 20.3 Å². The minimum atomic E-state index is 0.341. The topological polar surface area (TPSA) is 42.5 Å². The molecule has 0 aliphatic carbocycles. The zero-order valence-corrected chi connectivity index (χ0v) is 18.7. The molecule has 0 radical (unpaired) electrons. The number of nitrogens with one attached hydrogen (secondary N) is 2. The molecular formula is C26H38N2O2. The zero-order chi connectivity index (χ0) is 21.0. The van der Waals surface area contributed by atoms with Crippen molar-refractivity contribution < 1.29 is 9.47 Å². The maximum absolute atomic E-state index is 6.01. The normalized spacial score (nSPS) is 18.9. The summed E-state index contributed by atoms with van der Waals surface area (Å²) in [4.78, 5) is 0. The summed E-state index contributed by atoms with van der Waals surface area (Å²) in [6.07, 6.45) is 8.62. The highest BCUT2D eigenvalue weighted by molar-refractivity contribution is 5.40. The van der Waals surface area contributed by atoms with Crippen LogP contribution in [0, 0.1) is 0 Å². The van der Waals surface area contributed by atoms with Crippen LogP contribution in [-0.2, 0) is 6.54 Å². The van der Waals surface area contributed by atoms with Gasteiger partial charge in [-0.1, -0.05) is 62.9 Å². The van der Waals surface area contributed by atoms with E-state index < -0.39 is 0 Å². The molecule has 2 aromatic carbocycles. The van der Waals surface area contributed by atoms with Crippen LogP contribution in [0.2, 0.25) is 0 Å². The molecule has 4 nitrogen and oxygen atoms in total. The van der Waals surface area contributed by atoms with Crippen LogP contribution in [0.5, 0.6) is 11.5 Å². The number of methoxy groups -OCH3 is 1. The first-order chi connectivity index (χ1) is 14.8. The lowest BCUT2D eigenvalue weighted by atomic mass is 9.92. The summed E-state index contributed by atoms with van der Waals surface area (Å²) >= 11 is 0. The fourth-order valence-electron chi connectivity index (χ4n) is 4.24. The molecule has 2 N–H and O–H groups in total. The van der Waals surface area contributed by atoms with Gasteiger partial charge in [-0.15, -0.1) is 0 Å². The van der Waals surface area contributed by atoms with Crippen LogP contribution in [0.1, 0.15) is 69.0 Å². The number of rotatable bonds is 12. The minimum absolute atomic E-state index is 0.341. The van der Waals surface area contributed by atoms with Gasteiger partial charge in [0.05, 0.1) is 13.7 Å². The van der Waals surface area contributed by atoms with Crippen molar-refractivity contribution in [1.29, 1.82) is 0 Å². The summed E-state index contributed by atoms with van der Waals surface area (Å²) in [6.45, 7) is 4.87. The molecule has 0 amide bonds. The lowest BCUT2D eigenvalue weighted by Crippen LogP contribution is -2.45. The summed E-state index contributed by atoms with van der Waals surface area (Å²) in [6, 6.07) is 17.7. The second-order valence-electron chi connectivity index (χ2n) is 8.21. The summed E-state index contributed by atoms with van der Waals surface area (Å²) in [5.41, 5.74) is 2.50. The van der Waals surface area contributed by atoms with Crippen LogP contribution in [0.25, 0.3) is 0 Å². The Hall–Kier alpha value is -2.04. The standard InChI is InChI=1S/C26H38N2O2/c1-3-4-5-6-10-18-30-23-15-16-25(29-2)22(19-23)20-28-24-14-11-17-27-26(24)21-12-8-7-9-13-21/h7-9,12-13,15-16,19,24,26-28H,3-6,10-11,14,17-18,20H2,1-2H3. The highest BCUT2D eigenvalue weighted by atomic mass is 16.5. The monoisotopic (exact) mass is 410 g/mol. The number of unbranched alkanes of at least 4 members (excludes halogenated alkanes) is 4. The van der Waals surface area contributed by atoms with Gasteiger partial charge in [-0.2, -0.15) is 0 Å². The van der Waals surface area contributed by atoms with E-state index in [1.165, 1.54) is 44.1 Å². The van der Waals surface area contributed by atoms with Gasteiger partial charge in [0.25, 0.3) is 0 Å². The third kappa shape index (κ3) is 6.75. The van der Waals surface area contributed by atoms with Crippen molar-refractivity contribution in [3.8, 4) is 11.5 Å². The van der Waals surface area contributed by atoms with Gasteiger partial charge in [0.2, 0.25) is 0 Å². The Labute approximate surface area is 182 Å². The van der Waals surface area contributed by atoms with Gasteiger partial charge >= 0.3 is 0 Å². The Kier molecular flexibility index (Phi) is 9.52. The van der Waals surface area contributed by atoms with Gasteiger partial charge in [0.1, 0.15) is 11.5 Å². The number of ether oxygens (including phenoxy) is 2. The zero-order valence-electron chi connectivity index (χ0n) is 18.7. The van der Waals surface area contributed by atoms with E-state index in [1.807, 2.05) is 12.1 Å². The number of hydrogen-bond donors (Lipinski definition) is 2. The lowest BCUT2D eigenvalue weighted by molar-refractivity contribution is 0.298. The van der Waals surface area contributed by atoms with Gasteiger partial charge < -0.3 is 20.1 Å². The molecule has 1 saturated heterocycles. The Bertz CT molecular complexity index is 735. The van der Waals surface area contributed by atoms with E-state index in [1.54, 1.807) is 7.11 Å². The summed E-state index contributed by atoms with van der Waals surface area (Å²) < 4.78 is 11.6. The molecule has 1 aliphatic heterocycles. The van der Waals surface area contributed by atoms with E-state index >= 15 is 0 Å². The molecule has 2 aromatic rings. The van der Waals surface area contributed by atoms with Gasteiger partial charge in [0, 0.05) is 24.2 Å². The van der Waals surface area contributed by atoms with Crippen molar-refractivity contribution in [2.24, 2.45) is 0 Å². The van der Waals surface area contributed by atoms with Crippen molar-refractivity contribution >= 4 is 0 Å². The van der Waals surface area contributed by atoms with Crippen LogP contribution < -0.4 is 20.1 Å². The van der Waals surface area contributed by atoms with Gasteiger partial charge in [0.15, 0.2) is 0 Å². The Morgan fingerprint density at radius 3 is 2.67 bits per heavy atom. The molecule has 3 rings (SSSR count). The second-order valence-corrected chi connectivity index (χ2v) is 8.21. The average Bonchev–Trinajstić information content (AvgIpc) is 2.81. The van der Waals surface area contributed by atoms with Gasteiger partial charge in [-0.25, -0.2) is 0 Å². The Morgan fingerprint density at radius 2 is 1.87 bits per heavy atom. The van der Waals surface area contributed by atoms with Crippen molar-refractivity contribution in [1.82, 2.24) is 10.6 Å². The highest BCUT2D eigenvalue weighted by Crippen LogP contribution is 2.27. The largest absolute Gasteiger partial charge is 0.496 e. The number of piperidine rings is 1. The number of benzene rings is 2. The molecule has 4 heteroatoms. The predicted molar refractivity (Wildman–Crippen MR) is 124 cm³/mol. The third-order valence-corrected chi connectivity index (χ3v) is 5.94. The third-order valence-electron chi connectivity index (χ3n) is 5.94. The highest BCUT2D eigenvalue weighted by Gasteiger charge is 2.25. The Balaban J connectivity index is 1.57. The SMILES string of the molecule is CCCCCCCOc1ccc(OC)c(CNC2CCCNC2c2ccccc2)c1.